The number of hydrogen-bond donors (Lipinski definition) is 2. The van der Waals surface area contributed by atoms with E-state index in [0.29, 0.717) is 12.3 Å². The minimum atomic E-state index is 0.156. The standard InChI is InChI=1S/C15H21N3O2/c1-4-18-13(8-9-17-18)11(2)16-10-12-6-5-7-14(20-3)15(12)19/h5-9,11,16,19H,4,10H2,1-3H3. The van der Waals surface area contributed by atoms with Gasteiger partial charge < -0.3 is 15.2 Å². The highest BCUT2D eigenvalue weighted by Gasteiger charge is 2.12. The quantitative estimate of drug-likeness (QED) is 0.850. The lowest BCUT2D eigenvalue weighted by Gasteiger charge is -2.16. The highest BCUT2D eigenvalue weighted by Crippen LogP contribution is 2.29. The van der Waals surface area contributed by atoms with E-state index < -0.39 is 0 Å². The van der Waals surface area contributed by atoms with Crippen molar-refractivity contribution in [2.45, 2.75) is 33.0 Å². The van der Waals surface area contributed by atoms with Crippen LogP contribution in [-0.2, 0) is 13.1 Å². The second-order valence-electron chi connectivity index (χ2n) is 4.64. The second kappa shape index (κ2) is 6.43. The number of methoxy groups -OCH3 is 1. The lowest BCUT2D eigenvalue weighted by atomic mass is 10.1. The number of nitrogens with one attached hydrogen (secondary N) is 1. The molecule has 1 atom stereocenters. The number of phenolic OH excluding ortho intramolecular Hbond substituents is 1. The van der Waals surface area contributed by atoms with Gasteiger partial charge in [-0.1, -0.05) is 12.1 Å². The fraction of sp³-hybridized carbons (Fsp3) is 0.400. The van der Waals surface area contributed by atoms with E-state index in [1.54, 1.807) is 19.4 Å². The lowest BCUT2D eigenvalue weighted by Crippen LogP contribution is -2.21. The number of ether oxygens (including phenoxy) is 1. The topological polar surface area (TPSA) is 59.3 Å². The molecular weight excluding hydrogens is 254 g/mol. The molecule has 2 aromatic rings. The molecule has 0 spiro atoms. The predicted molar refractivity (Wildman–Crippen MR) is 77.8 cm³/mol. The molecule has 0 saturated carbocycles. The van der Waals surface area contributed by atoms with Crippen molar-refractivity contribution in [3.05, 3.63) is 41.7 Å². The summed E-state index contributed by atoms with van der Waals surface area (Å²) in [7, 11) is 1.55. The van der Waals surface area contributed by atoms with Crippen LogP contribution in [0.3, 0.4) is 0 Å². The Kier molecular flexibility index (Phi) is 4.63. The summed E-state index contributed by atoms with van der Waals surface area (Å²) in [4.78, 5) is 0. The summed E-state index contributed by atoms with van der Waals surface area (Å²) in [5, 5.41) is 17.7. The molecule has 1 unspecified atom stereocenters. The monoisotopic (exact) mass is 275 g/mol. The molecule has 0 fully saturated rings. The summed E-state index contributed by atoms with van der Waals surface area (Å²) in [6, 6.07) is 7.66. The fourth-order valence-electron chi connectivity index (χ4n) is 2.22. The van der Waals surface area contributed by atoms with E-state index in [1.165, 1.54) is 0 Å². The number of rotatable bonds is 6. The van der Waals surface area contributed by atoms with Crippen molar-refractivity contribution >= 4 is 0 Å². The van der Waals surface area contributed by atoms with Gasteiger partial charge in [0, 0.05) is 30.9 Å². The summed E-state index contributed by atoms with van der Waals surface area (Å²) < 4.78 is 7.07. The van der Waals surface area contributed by atoms with Gasteiger partial charge in [0.05, 0.1) is 12.8 Å². The maximum absolute atomic E-state index is 10.1. The van der Waals surface area contributed by atoms with Crippen LogP contribution in [0, 0.1) is 0 Å². The second-order valence-corrected chi connectivity index (χ2v) is 4.64. The molecule has 0 saturated heterocycles. The minimum absolute atomic E-state index is 0.156. The summed E-state index contributed by atoms with van der Waals surface area (Å²) >= 11 is 0. The Morgan fingerprint density at radius 2 is 2.20 bits per heavy atom. The van der Waals surface area contributed by atoms with Crippen LogP contribution < -0.4 is 10.1 Å². The Bertz CT molecular complexity index is 566. The Labute approximate surface area is 119 Å². The van der Waals surface area contributed by atoms with Crippen LogP contribution in [0.5, 0.6) is 11.5 Å². The van der Waals surface area contributed by atoms with E-state index in [-0.39, 0.29) is 11.8 Å². The van der Waals surface area contributed by atoms with Gasteiger partial charge in [-0.3, -0.25) is 4.68 Å². The molecule has 2 rings (SSSR count). The molecule has 0 radical (unpaired) electrons. The van der Waals surface area contributed by atoms with Gasteiger partial charge in [-0.2, -0.15) is 5.10 Å². The average molecular weight is 275 g/mol. The summed E-state index contributed by atoms with van der Waals surface area (Å²) in [5.74, 6) is 0.689. The molecule has 20 heavy (non-hydrogen) atoms. The first-order valence-corrected chi connectivity index (χ1v) is 6.77. The maximum atomic E-state index is 10.1. The zero-order valence-corrected chi connectivity index (χ0v) is 12.1. The minimum Gasteiger partial charge on any atom is -0.504 e. The normalized spacial score (nSPS) is 12.3. The lowest BCUT2D eigenvalue weighted by molar-refractivity contribution is 0.368. The number of para-hydroxylation sites is 1. The number of aryl methyl sites for hydroxylation is 1. The van der Waals surface area contributed by atoms with E-state index in [0.717, 1.165) is 17.8 Å². The number of nitrogens with zero attached hydrogens (tertiary/aromatic N) is 2. The van der Waals surface area contributed by atoms with Crippen molar-refractivity contribution in [1.82, 2.24) is 15.1 Å². The molecule has 0 aliphatic carbocycles. The molecule has 1 aromatic carbocycles. The zero-order valence-electron chi connectivity index (χ0n) is 12.1. The van der Waals surface area contributed by atoms with E-state index >= 15 is 0 Å². The Morgan fingerprint density at radius 1 is 1.40 bits per heavy atom. The van der Waals surface area contributed by atoms with Gasteiger partial charge in [0.2, 0.25) is 0 Å². The third-order valence-corrected chi connectivity index (χ3v) is 3.39. The van der Waals surface area contributed by atoms with E-state index in [9.17, 15) is 5.11 Å². The molecule has 1 aromatic heterocycles. The van der Waals surface area contributed by atoms with E-state index in [2.05, 4.69) is 24.3 Å². The molecule has 108 valence electrons. The zero-order chi connectivity index (χ0) is 14.5. The first kappa shape index (κ1) is 14.4. The third kappa shape index (κ3) is 2.93. The van der Waals surface area contributed by atoms with Gasteiger partial charge in [-0.05, 0) is 26.0 Å². The van der Waals surface area contributed by atoms with E-state index in [4.69, 9.17) is 4.74 Å². The molecular formula is C15H21N3O2. The Morgan fingerprint density at radius 3 is 2.90 bits per heavy atom. The maximum Gasteiger partial charge on any atom is 0.162 e. The largest absolute Gasteiger partial charge is 0.504 e. The van der Waals surface area contributed by atoms with Gasteiger partial charge in [0.25, 0.3) is 0 Å². The highest BCUT2D eigenvalue weighted by atomic mass is 16.5. The van der Waals surface area contributed by atoms with Crippen LogP contribution in [0.4, 0.5) is 0 Å². The molecule has 5 nitrogen and oxygen atoms in total. The van der Waals surface area contributed by atoms with Gasteiger partial charge in [0.1, 0.15) is 0 Å². The summed E-state index contributed by atoms with van der Waals surface area (Å²) in [5.41, 5.74) is 1.95. The number of phenols is 1. The van der Waals surface area contributed by atoms with Gasteiger partial charge in [-0.25, -0.2) is 0 Å². The van der Waals surface area contributed by atoms with Crippen molar-refractivity contribution < 1.29 is 9.84 Å². The number of aromatic nitrogens is 2. The number of hydrogen-bond acceptors (Lipinski definition) is 4. The number of benzene rings is 1. The fourth-order valence-corrected chi connectivity index (χ4v) is 2.22. The Balaban J connectivity index is 2.05. The van der Waals surface area contributed by atoms with Crippen LogP contribution in [0.15, 0.2) is 30.5 Å². The molecule has 0 amide bonds. The van der Waals surface area contributed by atoms with Crippen LogP contribution in [-0.4, -0.2) is 22.0 Å². The smallest absolute Gasteiger partial charge is 0.162 e. The Hall–Kier alpha value is -2.01. The molecule has 2 N–H and O–H groups in total. The average Bonchev–Trinajstić information content (AvgIpc) is 2.94. The predicted octanol–water partition coefficient (Wildman–Crippen LogP) is 2.47. The molecule has 0 aliphatic rings. The number of aromatic hydroxyl groups is 1. The van der Waals surface area contributed by atoms with Gasteiger partial charge in [0.15, 0.2) is 11.5 Å². The van der Waals surface area contributed by atoms with Crippen LogP contribution in [0.2, 0.25) is 0 Å². The summed E-state index contributed by atoms with van der Waals surface area (Å²) in [6.45, 7) is 5.56. The van der Waals surface area contributed by atoms with Gasteiger partial charge in [-0.15, -0.1) is 0 Å². The first-order valence-electron chi connectivity index (χ1n) is 6.77. The van der Waals surface area contributed by atoms with Crippen LogP contribution in [0.25, 0.3) is 0 Å². The van der Waals surface area contributed by atoms with Crippen molar-refractivity contribution in [3.63, 3.8) is 0 Å². The van der Waals surface area contributed by atoms with E-state index in [1.807, 2.05) is 22.9 Å². The highest BCUT2D eigenvalue weighted by molar-refractivity contribution is 5.45. The molecule has 1 heterocycles. The molecule has 0 bridgehead atoms. The van der Waals surface area contributed by atoms with Crippen LogP contribution in [0.1, 0.15) is 31.1 Å². The summed E-state index contributed by atoms with van der Waals surface area (Å²) in [6.07, 6.45) is 1.81. The van der Waals surface area contributed by atoms with Crippen molar-refractivity contribution in [2.24, 2.45) is 0 Å². The van der Waals surface area contributed by atoms with Crippen LogP contribution >= 0.6 is 0 Å². The van der Waals surface area contributed by atoms with Gasteiger partial charge >= 0.3 is 0 Å². The third-order valence-electron chi connectivity index (χ3n) is 3.39. The SMILES string of the molecule is CCn1nccc1C(C)NCc1cccc(OC)c1O. The van der Waals surface area contributed by atoms with Crippen molar-refractivity contribution in [3.8, 4) is 11.5 Å². The molecule has 5 heteroatoms. The van der Waals surface area contributed by atoms with Crippen molar-refractivity contribution in [2.75, 3.05) is 7.11 Å². The first-order chi connectivity index (χ1) is 9.67. The molecule has 0 aliphatic heterocycles. The van der Waals surface area contributed by atoms with Crippen molar-refractivity contribution in [1.29, 1.82) is 0 Å².